The van der Waals surface area contributed by atoms with Gasteiger partial charge in [0.05, 0.1) is 35.6 Å². The van der Waals surface area contributed by atoms with E-state index < -0.39 is 0 Å². The molecule has 2 aromatic carbocycles. The van der Waals surface area contributed by atoms with Crippen molar-refractivity contribution in [1.82, 2.24) is 14.5 Å². The van der Waals surface area contributed by atoms with Crippen molar-refractivity contribution >= 4 is 28.5 Å². The highest BCUT2D eigenvalue weighted by atomic mass is 16.5. The molecule has 0 bridgehead atoms. The summed E-state index contributed by atoms with van der Waals surface area (Å²) in [5, 5.41) is 12.6. The molecule has 0 unspecified atom stereocenters. The summed E-state index contributed by atoms with van der Waals surface area (Å²) in [6.45, 7) is 1.13. The van der Waals surface area contributed by atoms with E-state index in [9.17, 15) is 14.7 Å². The number of hydrogen-bond donors (Lipinski definition) is 2. The molecule has 8 nitrogen and oxygen atoms in total. The predicted octanol–water partition coefficient (Wildman–Crippen LogP) is 2.85. The van der Waals surface area contributed by atoms with Crippen molar-refractivity contribution in [3.8, 4) is 0 Å². The number of fused-ring (bicyclic) bond motifs is 1. The van der Waals surface area contributed by atoms with Crippen LogP contribution in [0, 0.1) is 0 Å². The lowest BCUT2D eigenvalue weighted by Crippen LogP contribution is -2.45. The Balaban J connectivity index is 1.71. The highest BCUT2D eigenvalue weighted by Crippen LogP contribution is 2.28. The summed E-state index contributed by atoms with van der Waals surface area (Å²) < 4.78 is 6.90. The SMILES string of the molecule is COCC(=O)Nc1cc(C(=O)N2CCCC[C@H]2CO)c2c(c1)ncn2CCc1ccccc1. The van der Waals surface area contributed by atoms with Gasteiger partial charge in [-0.2, -0.15) is 0 Å². The number of nitrogens with one attached hydrogen (secondary N) is 1. The molecule has 1 aromatic heterocycles. The number of benzene rings is 2. The van der Waals surface area contributed by atoms with Crippen molar-refractivity contribution in [2.75, 3.05) is 32.2 Å². The second-order valence-electron chi connectivity index (χ2n) is 8.38. The van der Waals surface area contributed by atoms with Gasteiger partial charge in [0.15, 0.2) is 0 Å². The second kappa shape index (κ2) is 10.6. The van der Waals surface area contributed by atoms with Gasteiger partial charge in [-0.1, -0.05) is 30.3 Å². The molecule has 0 saturated carbocycles. The second-order valence-corrected chi connectivity index (χ2v) is 8.38. The van der Waals surface area contributed by atoms with Crippen molar-refractivity contribution in [3.05, 3.63) is 59.9 Å². The average molecular weight is 451 g/mol. The fraction of sp³-hybridized carbons (Fsp3) is 0.400. The third-order valence-corrected chi connectivity index (χ3v) is 6.09. The maximum absolute atomic E-state index is 13.7. The molecule has 2 amide bonds. The minimum atomic E-state index is -0.301. The monoisotopic (exact) mass is 450 g/mol. The van der Waals surface area contributed by atoms with Crippen LogP contribution in [0.2, 0.25) is 0 Å². The lowest BCUT2D eigenvalue weighted by molar-refractivity contribution is -0.119. The Labute approximate surface area is 193 Å². The molecule has 2 N–H and O–H groups in total. The fourth-order valence-electron chi connectivity index (χ4n) is 4.45. The van der Waals surface area contributed by atoms with Gasteiger partial charge in [0.2, 0.25) is 5.91 Å². The average Bonchev–Trinajstić information content (AvgIpc) is 3.25. The van der Waals surface area contributed by atoms with E-state index in [1.165, 1.54) is 12.7 Å². The predicted molar refractivity (Wildman–Crippen MR) is 126 cm³/mol. The largest absolute Gasteiger partial charge is 0.394 e. The molecule has 8 heteroatoms. The minimum Gasteiger partial charge on any atom is -0.394 e. The van der Waals surface area contributed by atoms with Crippen molar-refractivity contribution in [2.45, 2.75) is 38.3 Å². The number of amides is 2. The molecule has 1 aliphatic heterocycles. The molecule has 1 atom stereocenters. The smallest absolute Gasteiger partial charge is 0.256 e. The summed E-state index contributed by atoms with van der Waals surface area (Å²) in [7, 11) is 1.46. The number of hydrogen-bond acceptors (Lipinski definition) is 5. The number of aliphatic hydroxyl groups excluding tert-OH is 1. The van der Waals surface area contributed by atoms with Gasteiger partial charge < -0.3 is 24.6 Å². The van der Waals surface area contributed by atoms with Crippen LogP contribution < -0.4 is 5.32 Å². The van der Waals surface area contributed by atoms with Crippen molar-refractivity contribution < 1.29 is 19.4 Å². The summed E-state index contributed by atoms with van der Waals surface area (Å²) in [6, 6.07) is 13.5. The minimum absolute atomic E-state index is 0.0631. The van der Waals surface area contributed by atoms with Crippen LogP contribution in [0.5, 0.6) is 0 Å². The topological polar surface area (TPSA) is 96.7 Å². The van der Waals surface area contributed by atoms with Crippen molar-refractivity contribution in [1.29, 1.82) is 0 Å². The molecule has 1 aliphatic rings. The number of anilines is 1. The number of carbonyl (C=O) groups is 2. The van der Waals surface area contributed by atoms with Crippen molar-refractivity contribution in [3.63, 3.8) is 0 Å². The van der Waals surface area contributed by atoms with Crippen LogP contribution in [0.3, 0.4) is 0 Å². The summed E-state index contributed by atoms with van der Waals surface area (Å²) in [6.07, 6.45) is 5.22. The molecule has 0 radical (unpaired) electrons. The summed E-state index contributed by atoms with van der Waals surface area (Å²) in [5.41, 5.74) is 3.55. The van der Waals surface area contributed by atoms with E-state index in [2.05, 4.69) is 22.4 Å². The molecule has 3 aromatic rings. The molecular weight excluding hydrogens is 420 g/mol. The Morgan fingerprint density at radius 2 is 2.03 bits per heavy atom. The van der Waals surface area contributed by atoms with Crippen molar-refractivity contribution in [2.24, 2.45) is 0 Å². The van der Waals surface area contributed by atoms with E-state index in [1.807, 2.05) is 22.8 Å². The molecule has 33 heavy (non-hydrogen) atoms. The van der Waals surface area contributed by atoms with Gasteiger partial charge in [-0.25, -0.2) is 4.98 Å². The first-order valence-electron chi connectivity index (χ1n) is 11.3. The van der Waals surface area contributed by atoms with E-state index in [1.54, 1.807) is 23.4 Å². The number of aromatic nitrogens is 2. The molecular formula is C25H30N4O4. The Morgan fingerprint density at radius 1 is 1.21 bits per heavy atom. The summed E-state index contributed by atoms with van der Waals surface area (Å²) >= 11 is 0. The van der Waals surface area contributed by atoms with E-state index in [0.29, 0.717) is 29.9 Å². The Hall–Kier alpha value is -3.23. The number of piperidine rings is 1. The molecule has 0 spiro atoms. The number of imidazole rings is 1. The van der Waals surface area contributed by atoms with Crippen LogP contribution >= 0.6 is 0 Å². The summed E-state index contributed by atoms with van der Waals surface area (Å²) in [4.78, 5) is 32.1. The number of aryl methyl sites for hydroxylation is 2. The maximum Gasteiger partial charge on any atom is 0.256 e. The normalized spacial score (nSPS) is 16.2. The number of carbonyl (C=O) groups excluding carboxylic acids is 2. The van der Waals surface area contributed by atoms with Crippen LogP contribution in [0.15, 0.2) is 48.8 Å². The molecule has 174 valence electrons. The third kappa shape index (κ3) is 5.23. The van der Waals surface area contributed by atoms with Crippen LogP contribution in [0.1, 0.15) is 35.2 Å². The lowest BCUT2D eigenvalue weighted by atomic mass is 10.0. The first kappa shape index (κ1) is 22.9. The van der Waals surface area contributed by atoms with Gasteiger partial charge in [0, 0.05) is 25.9 Å². The number of methoxy groups -OCH3 is 1. The van der Waals surface area contributed by atoms with Gasteiger partial charge in [0.25, 0.3) is 5.91 Å². The number of nitrogens with zero attached hydrogens (tertiary/aromatic N) is 3. The Morgan fingerprint density at radius 3 is 2.79 bits per heavy atom. The Kier molecular flexibility index (Phi) is 7.36. The zero-order chi connectivity index (χ0) is 23.2. The lowest BCUT2D eigenvalue weighted by Gasteiger charge is -2.35. The van der Waals surface area contributed by atoms with E-state index >= 15 is 0 Å². The van der Waals surface area contributed by atoms with E-state index in [0.717, 1.165) is 31.2 Å². The standard InChI is InChI=1S/C25H30N4O4/c1-33-16-23(31)27-19-13-21(25(32)29-11-6-5-9-20(29)15-30)24-22(14-19)26-17-28(24)12-10-18-7-3-2-4-8-18/h2-4,7-8,13-14,17,20,30H,5-6,9-12,15-16H2,1H3,(H,27,31)/t20-/m0/s1. The van der Waals surface area contributed by atoms with E-state index in [-0.39, 0.29) is 31.1 Å². The number of likely N-dealkylation sites (tertiary alicyclic amines) is 1. The number of aliphatic hydroxyl groups is 1. The fourth-order valence-corrected chi connectivity index (χ4v) is 4.45. The first-order chi connectivity index (χ1) is 16.1. The number of ether oxygens (including phenoxy) is 1. The molecule has 4 rings (SSSR count). The highest BCUT2D eigenvalue weighted by Gasteiger charge is 2.29. The van der Waals surface area contributed by atoms with Crippen LogP contribution in [-0.2, 0) is 22.5 Å². The quantitative estimate of drug-likeness (QED) is 0.550. The van der Waals surface area contributed by atoms with Gasteiger partial charge in [-0.15, -0.1) is 0 Å². The van der Waals surface area contributed by atoms with Gasteiger partial charge in [0.1, 0.15) is 6.61 Å². The van der Waals surface area contributed by atoms with Gasteiger partial charge in [-0.3, -0.25) is 9.59 Å². The van der Waals surface area contributed by atoms with Crippen LogP contribution in [-0.4, -0.2) is 64.3 Å². The number of rotatable bonds is 8. The van der Waals surface area contributed by atoms with E-state index in [4.69, 9.17) is 4.74 Å². The van der Waals surface area contributed by atoms with Crippen LogP contribution in [0.25, 0.3) is 11.0 Å². The molecule has 0 aliphatic carbocycles. The van der Waals surface area contributed by atoms with Crippen LogP contribution in [0.4, 0.5) is 5.69 Å². The highest BCUT2D eigenvalue weighted by molar-refractivity contribution is 6.07. The maximum atomic E-state index is 13.7. The first-order valence-corrected chi connectivity index (χ1v) is 11.3. The molecule has 1 fully saturated rings. The molecule has 1 saturated heterocycles. The Bertz CT molecular complexity index is 1110. The zero-order valence-electron chi connectivity index (χ0n) is 18.9. The van der Waals surface area contributed by atoms with Gasteiger partial charge >= 0.3 is 0 Å². The summed E-state index contributed by atoms with van der Waals surface area (Å²) in [5.74, 6) is -0.451. The van der Waals surface area contributed by atoms with Gasteiger partial charge in [-0.05, 0) is 43.4 Å². The molecule has 2 heterocycles. The third-order valence-electron chi connectivity index (χ3n) is 6.09. The zero-order valence-corrected chi connectivity index (χ0v) is 18.9.